The third kappa shape index (κ3) is 5.52. The lowest BCUT2D eigenvalue weighted by Crippen LogP contribution is -2.33. The van der Waals surface area contributed by atoms with Crippen LogP contribution in [0.25, 0.3) is 11.0 Å². The molecule has 0 radical (unpaired) electrons. The second kappa shape index (κ2) is 10.7. The predicted octanol–water partition coefficient (Wildman–Crippen LogP) is 5.83. The summed E-state index contributed by atoms with van der Waals surface area (Å²) in [5.74, 6) is 1.48. The van der Waals surface area contributed by atoms with Crippen LogP contribution in [-0.2, 0) is 19.6 Å². The SMILES string of the molecule is Cc1c(OCc2cccc(C#N)n2)ccc2c(CCC3CCN(Cc4ccccc4)CC3)noc12. The van der Waals surface area contributed by atoms with Crippen LogP contribution in [0.5, 0.6) is 5.75 Å². The van der Waals surface area contributed by atoms with Gasteiger partial charge >= 0.3 is 0 Å². The molecule has 1 fully saturated rings. The number of pyridine rings is 1. The van der Waals surface area contributed by atoms with Gasteiger partial charge in [0.1, 0.15) is 24.1 Å². The molecule has 3 heterocycles. The van der Waals surface area contributed by atoms with Crippen LogP contribution in [0.4, 0.5) is 0 Å². The van der Waals surface area contributed by atoms with Gasteiger partial charge in [-0.05, 0) is 81.4 Å². The fourth-order valence-corrected chi connectivity index (χ4v) is 4.89. The minimum absolute atomic E-state index is 0.297. The lowest BCUT2D eigenvalue weighted by Gasteiger charge is -2.31. The number of hydrogen-bond donors (Lipinski definition) is 0. The van der Waals surface area contributed by atoms with Crippen LogP contribution in [0.15, 0.2) is 65.2 Å². The van der Waals surface area contributed by atoms with E-state index in [0.29, 0.717) is 12.3 Å². The van der Waals surface area contributed by atoms with E-state index >= 15 is 0 Å². The minimum atomic E-state index is 0.297. The van der Waals surface area contributed by atoms with Gasteiger partial charge in [-0.2, -0.15) is 5.26 Å². The van der Waals surface area contributed by atoms with Crippen molar-refractivity contribution >= 4 is 11.0 Å². The maximum atomic E-state index is 9.03. The summed E-state index contributed by atoms with van der Waals surface area (Å²) in [5.41, 5.74) is 5.26. The van der Waals surface area contributed by atoms with Crippen LogP contribution < -0.4 is 4.74 Å². The van der Waals surface area contributed by atoms with Crippen molar-refractivity contribution in [2.45, 2.75) is 45.8 Å². The van der Waals surface area contributed by atoms with Crippen LogP contribution in [0.2, 0.25) is 0 Å². The molecule has 0 saturated carbocycles. The molecule has 1 aliphatic rings. The number of ether oxygens (including phenoxy) is 1. The number of nitriles is 1. The van der Waals surface area contributed by atoms with Gasteiger partial charge in [0, 0.05) is 17.5 Å². The number of nitrogens with zero attached hydrogens (tertiary/aromatic N) is 4. The highest BCUT2D eigenvalue weighted by Gasteiger charge is 2.21. The average molecular weight is 467 g/mol. The molecule has 6 heteroatoms. The van der Waals surface area contributed by atoms with E-state index in [1.807, 2.05) is 31.2 Å². The molecule has 0 unspecified atom stereocenters. The molecular weight excluding hydrogens is 436 g/mol. The van der Waals surface area contributed by atoms with Crippen molar-refractivity contribution in [3.8, 4) is 11.8 Å². The van der Waals surface area contributed by atoms with Gasteiger partial charge < -0.3 is 9.26 Å². The molecule has 1 saturated heterocycles. The highest BCUT2D eigenvalue weighted by Crippen LogP contribution is 2.31. The number of fused-ring (bicyclic) bond motifs is 1. The van der Waals surface area contributed by atoms with E-state index in [4.69, 9.17) is 14.5 Å². The Balaban J connectivity index is 1.16. The molecule has 2 aromatic heterocycles. The summed E-state index contributed by atoms with van der Waals surface area (Å²) >= 11 is 0. The van der Waals surface area contributed by atoms with Gasteiger partial charge in [-0.3, -0.25) is 4.90 Å². The quantitative estimate of drug-likeness (QED) is 0.325. The average Bonchev–Trinajstić information content (AvgIpc) is 3.32. The second-order valence-corrected chi connectivity index (χ2v) is 9.35. The van der Waals surface area contributed by atoms with Crippen LogP contribution in [0, 0.1) is 24.2 Å². The molecule has 0 amide bonds. The van der Waals surface area contributed by atoms with Crippen LogP contribution in [0.3, 0.4) is 0 Å². The maximum Gasteiger partial charge on any atom is 0.173 e. The zero-order valence-corrected chi connectivity index (χ0v) is 20.1. The molecular formula is C29H30N4O2. The number of likely N-dealkylation sites (tertiary alicyclic amines) is 1. The zero-order chi connectivity index (χ0) is 24.0. The number of aromatic nitrogens is 2. The van der Waals surface area contributed by atoms with Crippen molar-refractivity contribution in [1.29, 1.82) is 5.26 Å². The summed E-state index contributed by atoms with van der Waals surface area (Å²) < 4.78 is 11.7. The van der Waals surface area contributed by atoms with E-state index in [2.05, 4.69) is 51.4 Å². The summed E-state index contributed by atoms with van der Waals surface area (Å²) in [7, 11) is 0. The predicted molar refractivity (Wildman–Crippen MR) is 135 cm³/mol. The molecule has 0 spiro atoms. The van der Waals surface area contributed by atoms with Crippen molar-refractivity contribution in [2.75, 3.05) is 13.1 Å². The van der Waals surface area contributed by atoms with Crippen molar-refractivity contribution in [3.05, 3.63) is 88.9 Å². The fourth-order valence-electron chi connectivity index (χ4n) is 4.89. The van der Waals surface area contributed by atoms with Gasteiger partial charge in [0.25, 0.3) is 0 Å². The first-order valence-electron chi connectivity index (χ1n) is 12.3. The lowest BCUT2D eigenvalue weighted by molar-refractivity contribution is 0.172. The molecule has 0 atom stereocenters. The van der Waals surface area contributed by atoms with E-state index in [1.165, 1.54) is 18.4 Å². The summed E-state index contributed by atoms with van der Waals surface area (Å²) in [6, 6.07) is 22.2. The summed E-state index contributed by atoms with van der Waals surface area (Å²) in [4.78, 5) is 6.84. The second-order valence-electron chi connectivity index (χ2n) is 9.35. The maximum absolute atomic E-state index is 9.03. The van der Waals surface area contributed by atoms with Crippen molar-refractivity contribution in [1.82, 2.24) is 15.0 Å². The standard InChI is InChI=1S/C29H30N4O2/c1-21-28(34-20-25-9-5-8-24(18-30)31-25)13-11-26-27(32-35-29(21)26)12-10-22-14-16-33(17-15-22)19-23-6-3-2-4-7-23/h2-9,11,13,22H,10,12,14-17,19-20H2,1H3. The molecule has 4 aromatic rings. The van der Waals surface area contributed by atoms with E-state index in [0.717, 1.165) is 72.1 Å². The van der Waals surface area contributed by atoms with Crippen LogP contribution >= 0.6 is 0 Å². The first-order chi connectivity index (χ1) is 17.2. The highest BCUT2D eigenvalue weighted by molar-refractivity contribution is 5.84. The van der Waals surface area contributed by atoms with Gasteiger partial charge in [-0.15, -0.1) is 0 Å². The topological polar surface area (TPSA) is 75.2 Å². The summed E-state index contributed by atoms with van der Waals surface area (Å²) in [6.45, 7) is 5.65. The van der Waals surface area contributed by atoms with Crippen LogP contribution in [0.1, 0.15) is 47.5 Å². The monoisotopic (exact) mass is 466 g/mol. The van der Waals surface area contributed by atoms with E-state index in [1.54, 1.807) is 6.07 Å². The molecule has 5 rings (SSSR count). The highest BCUT2D eigenvalue weighted by atomic mass is 16.5. The Morgan fingerprint density at radius 1 is 1.06 bits per heavy atom. The van der Waals surface area contributed by atoms with E-state index in [9.17, 15) is 0 Å². The summed E-state index contributed by atoms with van der Waals surface area (Å²) in [5, 5.41) is 14.5. The Hall–Kier alpha value is -3.69. The largest absolute Gasteiger partial charge is 0.487 e. The first-order valence-corrected chi connectivity index (χ1v) is 12.3. The normalized spacial score (nSPS) is 14.7. The van der Waals surface area contributed by atoms with Gasteiger partial charge in [0.05, 0.1) is 11.4 Å². The van der Waals surface area contributed by atoms with Gasteiger partial charge in [0.2, 0.25) is 0 Å². The fraction of sp³-hybridized carbons (Fsp3) is 0.345. The third-order valence-electron chi connectivity index (χ3n) is 6.96. The van der Waals surface area contributed by atoms with Gasteiger partial charge in [-0.25, -0.2) is 4.98 Å². The Labute approximate surface area is 206 Å². The van der Waals surface area contributed by atoms with Crippen molar-refractivity contribution in [2.24, 2.45) is 5.92 Å². The Morgan fingerprint density at radius 3 is 2.69 bits per heavy atom. The molecule has 35 heavy (non-hydrogen) atoms. The summed E-state index contributed by atoms with van der Waals surface area (Å²) in [6.07, 6.45) is 4.54. The lowest BCUT2D eigenvalue weighted by atomic mass is 9.91. The molecule has 2 aromatic carbocycles. The van der Waals surface area contributed by atoms with Crippen LogP contribution in [-0.4, -0.2) is 28.1 Å². The first kappa shape index (κ1) is 23.1. The molecule has 1 aliphatic heterocycles. The van der Waals surface area contributed by atoms with E-state index < -0.39 is 0 Å². The molecule has 6 nitrogen and oxygen atoms in total. The Bertz CT molecular complexity index is 1320. The van der Waals surface area contributed by atoms with Crippen molar-refractivity contribution in [3.63, 3.8) is 0 Å². The van der Waals surface area contributed by atoms with E-state index in [-0.39, 0.29) is 0 Å². The Morgan fingerprint density at radius 2 is 1.89 bits per heavy atom. The van der Waals surface area contributed by atoms with Crippen molar-refractivity contribution < 1.29 is 9.26 Å². The Kier molecular flexibility index (Phi) is 7.06. The zero-order valence-electron chi connectivity index (χ0n) is 20.1. The molecule has 0 N–H and O–H groups in total. The molecule has 178 valence electrons. The molecule has 0 bridgehead atoms. The number of benzene rings is 2. The van der Waals surface area contributed by atoms with Gasteiger partial charge in [0.15, 0.2) is 5.58 Å². The third-order valence-corrected chi connectivity index (χ3v) is 6.96. The number of hydrogen-bond acceptors (Lipinski definition) is 6. The number of piperidine rings is 1. The number of rotatable bonds is 8. The molecule has 0 aliphatic carbocycles. The smallest absolute Gasteiger partial charge is 0.173 e. The minimum Gasteiger partial charge on any atom is -0.487 e. The number of aryl methyl sites for hydroxylation is 2. The van der Waals surface area contributed by atoms with Gasteiger partial charge in [-0.1, -0.05) is 41.6 Å².